The summed E-state index contributed by atoms with van der Waals surface area (Å²) in [5.41, 5.74) is 0.515. The van der Waals surface area contributed by atoms with E-state index in [0.29, 0.717) is 17.2 Å². The summed E-state index contributed by atoms with van der Waals surface area (Å²) in [7, 11) is -0.717. The molecule has 1 N–H and O–H groups in total. The number of hydrogen-bond acceptors (Lipinski definition) is 4. The lowest BCUT2D eigenvalue weighted by atomic mass is 9.48. The minimum absolute atomic E-state index is 0.314. The van der Waals surface area contributed by atoms with Gasteiger partial charge in [-0.05, 0) is 68.7 Å². The number of sulfone groups is 1. The maximum Gasteiger partial charge on any atom is 0.148 e. The molecule has 0 saturated heterocycles. The van der Waals surface area contributed by atoms with Crippen molar-refractivity contribution in [1.82, 2.24) is 5.32 Å². The fraction of sp³-hybridized carbons (Fsp3) is 1.00. The van der Waals surface area contributed by atoms with Crippen LogP contribution in [0.4, 0.5) is 0 Å². The molecule has 4 rings (SSSR count). The summed E-state index contributed by atoms with van der Waals surface area (Å²) in [6.07, 6.45) is 10.0. The molecule has 4 aliphatic rings. The van der Waals surface area contributed by atoms with E-state index in [4.69, 9.17) is 0 Å². The van der Waals surface area contributed by atoms with E-state index in [1.165, 1.54) is 44.8 Å². The Balaban J connectivity index is 1.58. The van der Waals surface area contributed by atoms with Crippen molar-refractivity contribution in [1.29, 1.82) is 0 Å². The Bertz CT molecular complexity index is 439. The van der Waals surface area contributed by atoms with Gasteiger partial charge in [0.2, 0.25) is 0 Å². The van der Waals surface area contributed by atoms with Gasteiger partial charge in [0, 0.05) is 23.8 Å². The first kappa shape index (κ1) is 16.1. The van der Waals surface area contributed by atoms with Crippen LogP contribution < -0.4 is 5.32 Å². The maximum absolute atomic E-state index is 11.2. The lowest BCUT2D eigenvalue weighted by Gasteiger charge is -2.59. The van der Waals surface area contributed by atoms with Gasteiger partial charge in [-0.3, -0.25) is 0 Å². The van der Waals surface area contributed by atoms with Crippen molar-refractivity contribution in [2.45, 2.75) is 44.6 Å². The highest BCUT2D eigenvalue weighted by Crippen LogP contribution is 2.61. The van der Waals surface area contributed by atoms with Gasteiger partial charge >= 0.3 is 0 Å². The molecule has 0 spiro atoms. The van der Waals surface area contributed by atoms with Gasteiger partial charge in [0.1, 0.15) is 9.84 Å². The molecule has 5 heteroatoms. The first-order valence-corrected chi connectivity index (χ1v) is 11.5. The van der Waals surface area contributed by atoms with Gasteiger partial charge in [-0.15, -0.1) is 0 Å². The van der Waals surface area contributed by atoms with Gasteiger partial charge in [-0.2, -0.15) is 11.8 Å². The van der Waals surface area contributed by atoms with Crippen LogP contribution in [0.25, 0.3) is 0 Å². The summed E-state index contributed by atoms with van der Waals surface area (Å²) in [4.78, 5) is 0. The van der Waals surface area contributed by atoms with Crippen molar-refractivity contribution in [2.75, 3.05) is 30.6 Å². The quantitative estimate of drug-likeness (QED) is 0.728. The molecular weight excluding hydrogens is 302 g/mol. The molecule has 3 nitrogen and oxygen atoms in total. The highest BCUT2D eigenvalue weighted by Gasteiger charge is 2.53. The Morgan fingerprint density at radius 2 is 1.67 bits per heavy atom. The van der Waals surface area contributed by atoms with Gasteiger partial charge in [0.05, 0.1) is 5.75 Å². The highest BCUT2D eigenvalue weighted by atomic mass is 32.2. The third-order valence-electron chi connectivity index (χ3n) is 6.06. The Labute approximate surface area is 133 Å². The standard InChI is InChI=1S/C16H29NO2S2/c1-17-15(11-20-3-4-21(2,18)19)16-8-12-5-13(9-16)7-14(6-12)10-16/h12-15,17H,3-11H2,1-2H3. The van der Waals surface area contributed by atoms with E-state index >= 15 is 0 Å². The van der Waals surface area contributed by atoms with Crippen LogP contribution in [0.15, 0.2) is 0 Å². The first-order chi connectivity index (χ1) is 9.90. The third kappa shape index (κ3) is 3.61. The normalized spacial score (nSPS) is 39.6. The predicted octanol–water partition coefficient (Wildman–Crippen LogP) is 2.57. The molecule has 4 aliphatic carbocycles. The summed E-state index contributed by atoms with van der Waals surface area (Å²) in [6, 6.07) is 0.565. The number of rotatable bonds is 7. The second-order valence-corrected chi connectivity index (χ2v) is 11.2. The zero-order chi connectivity index (χ0) is 15.1. The van der Waals surface area contributed by atoms with Gasteiger partial charge in [0.15, 0.2) is 0 Å². The second-order valence-electron chi connectivity index (χ2n) is 7.83. The average molecular weight is 332 g/mol. The van der Waals surface area contributed by atoms with Crippen molar-refractivity contribution in [3.8, 4) is 0 Å². The summed E-state index contributed by atoms with van der Waals surface area (Å²) in [6.45, 7) is 0. The molecule has 0 aliphatic heterocycles. The highest BCUT2D eigenvalue weighted by molar-refractivity contribution is 8.00. The summed E-state index contributed by atoms with van der Waals surface area (Å²) < 4.78 is 22.5. The van der Waals surface area contributed by atoms with Crippen molar-refractivity contribution in [3.63, 3.8) is 0 Å². The van der Waals surface area contributed by atoms with Crippen LogP contribution in [0.1, 0.15) is 38.5 Å². The maximum atomic E-state index is 11.2. The predicted molar refractivity (Wildman–Crippen MR) is 90.5 cm³/mol. The molecule has 21 heavy (non-hydrogen) atoms. The van der Waals surface area contributed by atoms with E-state index in [-0.39, 0.29) is 0 Å². The smallest absolute Gasteiger partial charge is 0.148 e. The Hall–Kier alpha value is 0.260. The van der Waals surface area contributed by atoms with Crippen molar-refractivity contribution >= 4 is 21.6 Å². The fourth-order valence-electron chi connectivity index (χ4n) is 5.58. The van der Waals surface area contributed by atoms with Crippen LogP contribution in [0.2, 0.25) is 0 Å². The van der Waals surface area contributed by atoms with Crippen LogP contribution in [0.3, 0.4) is 0 Å². The van der Waals surface area contributed by atoms with E-state index in [0.717, 1.165) is 29.3 Å². The van der Waals surface area contributed by atoms with Crippen LogP contribution in [0.5, 0.6) is 0 Å². The van der Waals surface area contributed by atoms with Gasteiger partial charge in [-0.1, -0.05) is 0 Å². The second kappa shape index (κ2) is 6.04. The topological polar surface area (TPSA) is 46.2 Å². The fourth-order valence-corrected chi connectivity index (χ4v) is 8.19. The van der Waals surface area contributed by atoms with Crippen molar-refractivity contribution in [2.24, 2.45) is 23.2 Å². The first-order valence-electron chi connectivity index (χ1n) is 8.33. The van der Waals surface area contributed by atoms with E-state index in [2.05, 4.69) is 12.4 Å². The Morgan fingerprint density at radius 3 is 2.10 bits per heavy atom. The SMILES string of the molecule is CNC(CSCCS(C)(=O)=O)C12CC3CC(CC(C3)C1)C2. The molecule has 0 amide bonds. The average Bonchev–Trinajstić information content (AvgIpc) is 2.35. The molecule has 0 heterocycles. The van der Waals surface area contributed by atoms with Gasteiger partial charge in [0.25, 0.3) is 0 Å². The van der Waals surface area contributed by atoms with E-state index in [1.54, 1.807) is 0 Å². The zero-order valence-electron chi connectivity index (χ0n) is 13.3. The molecule has 0 radical (unpaired) electrons. The van der Waals surface area contributed by atoms with E-state index in [1.807, 2.05) is 11.8 Å². The lowest BCUT2D eigenvalue weighted by molar-refractivity contribution is -0.0682. The minimum Gasteiger partial charge on any atom is -0.316 e. The van der Waals surface area contributed by atoms with Crippen LogP contribution in [-0.2, 0) is 9.84 Å². The largest absolute Gasteiger partial charge is 0.316 e. The van der Waals surface area contributed by atoms with Gasteiger partial charge < -0.3 is 5.32 Å². The summed E-state index contributed by atoms with van der Waals surface area (Å²) >= 11 is 1.82. The lowest BCUT2D eigenvalue weighted by Crippen LogP contribution is -2.56. The van der Waals surface area contributed by atoms with Crippen molar-refractivity contribution < 1.29 is 8.42 Å². The molecule has 0 aromatic carbocycles. The molecule has 4 bridgehead atoms. The molecular formula is C16H29NO2S2. The van der Waals surface area contributed by atoms with Crippen LogP contribution in [0, 0.1) is 23.2 Å². The Kier molecular flexibility index (Phi) is 4.64. The van der Waals surface area contributed by atoms with E-state index < -0.39 is 9.84 Å². The van der Waals surface area contributed by atoms with Crippen LogP contribution in [-0.4, -0.2) is 45.0 Å². The molecule has 122 valence electrons. The molecule has 1 atom stereocenters. The summed E-state index contributed by atoms with van der Waals surface area (Å²) in [5.74, 6) is 5.06. The molecule has 0 aromatic rings. The molecule has 1 unspecified atom stereocenters. The minimum atomic E-state index is -2.81. The monoisotopic (exact) mass is 331 g/mol. The van der Waals surface area contributed by atoms with Crippen LogP contribution >= 0.6 is 11.8 Å². The number of thioether (sulfide) groups is 1. The zero-order valence-corrected chi connectivity index (χ0v) is 14.9. The van der Waals surface area contributed by atoms with Gasteiger partial charge in [-0.25, -0.2) is 8.42 Å². The molecule has 4 fully saturated rings. The molecule has 4 saturated carbocycles. The number of hydrogen-bond donors (Lipinski definition) is 1. The van der Waals surface area contributed by atoms with Crippen molar-refractivity contribution in [3.05, 3.63) is 0 Å². The molecule has 0 aromatic heterocycles. The number of nitrogens with one attached hydrogen (secondary N) is 1. The summed E-state index contributed by atoms with van der Waals surface area (Å²) in [5, 5.41) is 3.59. The van der Waals surface area contributed by atoms with E-state index in [9.17, 15) is 8.42 Å². The third-order valence-corrected chi connectivity index (χ3v) is 8.32. The Morgan fingerprint density at radius 1 is 1.14 bits per heavy atom.